The Hall–Kier alpha value is -0.790. The predicted molar refractivity (Wildman–Crippen MR) is 68.3 cm³/mol. The lowest BCUT2D eigenvalue weighted by molar-refractivity contribution is -0.138. The molecule has 0 bridgehead atoms. The quantitative estimate of drug-likeness (QED) is 0.336. The van der Waals surface area contributed by atoms with Crippen LogP contribution in [0.2, 0.25) is 0 Å². The molecule has 0 aromatic rings. The molecule has 0 aliphatic rings. The van der Waals surface area contributed by atoms with E-state index in [9.17, 15) is 4.79 Å². The Bertz CT molecular complexity index is 195. The zero-order valence-electron chi connectivity index (χ0n) is 11.0. The second-order valence-electron chi connectivity index (χ2n) is 4.63. The van der Waals surface area contributed by atoms with Gasteiger partial charge in [0.1, 0.15) is 0 Å². The number of ether oxygens (including phenoxy) is 1. The van der Waals surface area contributed by atoms with E-state index in [-0.39, 0.29) is 5.97 Å². The minimum absolute atomic E-state index is 0.206. The molecule has 94 valence electrons. The van der Waals surface area contributed by atoms with Crippen molar-refractivity contribution in [3.05, 3.63) is 12.2 Å². The summed E-state index contributed by atoms with van der Waals surface area (Å²) < 4.78 is 5.02. The molecule has 0 N–H and O–H groups in total. The molecule has 0 aliphatic carbocycles. The molecule has 0 saturated carbocycles. The van der Waals surface area contributed by atoms with Gasteiger partial charge in [0.25, 0.3) is 0 Å². The van der Waals surface area contributed by atoms with Crippen molar-refractivity contribution in [3.63, 3.8) is 0 Å². The van der Waals surface area contributed by atoms with Gasteiger partial charge in [-0.15, -0.1) is 0 Å². The van der Waals surface area contributed by atoms with Gasteiger partial charge in [-0.05, 0) is 18.8 Å². The standard InChI is InChI=1S/C14H26O2/c1-4-5-6-7-8-9-10-11-14(15)16-12-13(2)3/h10-11,13H,4-9,12H2,1-3H3/b11-10+. The molecule has 0 heterocycles. The van der Waals surface area contributed by atoms with Gasteiger partial charge < -0.3 is 4.74 Å². The van der Waals surface area contributed by atoms with Crippen LogP contribution < -0.4 is 0 Å². The lowest BCUT2D eigenvalue weighted by Gasteiger charge is -2.03. The van der Waals surface area contributed by atoms with Gasteiger partial charge >= 0.3 is 5.97 Å². The average molecular weight is 226 g/mol. The van der Waals surface area contributed by atoms with Crippen molar-refractivity contribution in [1.29, 1.82) is 0 Å². The molecule has 0 unspecified atom stereocenters. The number of hydrogen-bond acceptors (Lipinski definition) is 2. The molecular formula is C14H26O2. The van der Waals surface area contributed by atoms with Crippen LogP contribution in [0.3, 0.4) is 0 Å². The summed E-state index contributed by atoms with van der Waals surface area (Å²) >= 11 is 0. The number of allylic oxidation sites excluding steroid dienone is 1. The minimum atomic E-state index is -0.206. The van der Waals surface area contributed by atoms with E-state index in [0.717, 1.165) is 6.42 Å². The van der Waals surface area contributed by atoms with E-state index < -0.39 is 0 Å². The smallest absolute Gasteiger partial charge is 0.330 e. The maximum atomic E-state index is 11.2. The normalized spacial score (nSPS) is 11.2. The van der Waals surface area contributed by atoms with Gasteiger partial charge in [-0.25, -0.2) is 4.79 Å². The number of unbranched alkanes of at least 4 members (excludes halogenated alkanes) is 5. The van der Waals surface area contributed by atoms with Gasteiger partial charge in [-0.2, -0.15) is 0 Å². The number of carbonyl (C=O) groups is 1. The number of rotatable bonds is 9. The summed E-state index contributed by atoms with van der Waals surface area (Å²) in [5.74, 6) is 0.202. The number of hydrogen-bond donors (Lipinski definition) is 0. The van der Waals surface area contributed by atoms with E-state index in [0.29, 0.717) is 12.5 Å². The fourth-order valence-corrected chi connectivity index (χ4v) is 1.34. The Balaban J connectivity index is 3.35. The van der Waals surface area contributed by atoms with E-state index in [4.69, 9.17) is 4.74 Å². The van der Waals surface area contributed by atoms with E-state index in [1.54, 1.807) is 6.08 Å². The average Bonchev–Trinajstić information content (AvgIpc) is 2.25. The second kappa shape index (κ2) is 10.7. The Morgan fingerprint density at radius 3 is 2.50 bits per heavy atom. The Morgan fingerprint density at radius 2 is 1.88 bits per heavy atom. The van der Waals surface area contributed by atoms with Gasteiger partial charge in [0, 0.05) is 6.08 Å². The molecule has 2 heteroatoms. The van der Waals surface area contributed by atoms with Crippen molar-refractivity contribution in [2.24, 2.45) is 5.92 Å². The molecular weight excluding hydrogens is 200 g/mol. The Kier molecular flexibility index (Phi) is 10.2. The van der Waals surface area contributed by atoms with Crippen LogP contribution in [0.1, 0.15) is 59.3 Å². The van der Waals surface area contributed by atoms with Crippen LogP contribution >= 0.6 is 0 Å². The van der Waals surface area contributed by atoms with Gasteiger partial charge in [-0.1, -0.05) is 52.5 Å². The summed E-state index contributed by atoms with van der Waals surface area (Å²) in [6.45, 7) is 6.79. The van der Waals surface area contributed by atoms with Crippen molar-refractivity contribution >= 4 is 5.97 Å². The third kappa shape index (κ3) is 11.3. The SMILES string of the molecule is CCCCCCC/C=C/C(=O)OCC(C)C. The van der Waals surface area contributed by atoms with Crippen molar-refractivity contribution in [1.82, 2.24) is 0 Å². The highest BCUT2D eigenvalue weighted by Crippen LogP contribution is 2.05. The first-order valence-corrected chi connectivity index (χ1v) is 6.50. The molecule has 16 heavy (non-hydrogen) atoms. The number of esters is 1. The van der Waals surface area contributed by atoms with E-state index in [1.165, 1.54) is 32.1 Å². The van der Waals surface area contributed by atoms with Crippen LogP contribution in [-0.4, -0.2) is 12.6 Å². The van der Waals surface area contributed by atoms with Crippen molar-refractivity contribution in [2.45, 2.75) is 59.3 Å². The highest BCUT2D eigenvalue weighted by Gasteiger charge is 1.98. The van der Waals surface area contributed by atoms with Crippen LogP contribution in [0, 0.1) is 5.92 Å². The molecule has 0 atom stereocenters. The highest BCUT2D eigenvalue weighted by atomic mass is 16.5. The lowest BCUT2D eigenvalue weighted by atomic mass is 10.1. The molecule has 0 fully saturated rings. The van der Waals surface area contributed by atoms with E-state index in [2.05, 4.69) is 6.92 Å². The summed E-state index contributed by atoms with van der Waals surface area (Å²) in [4.78, 5) is 11.2. The first-order valence-electron chi connectivity index (χ1n) is 6.50. The van der Waals surface area contributed by atoms with Gasteiger partial charge in [0.05, 0.1) is 6.61 Å². The highest BCUT2D eigenvalue weighted by molar-refractivity contribution is 5.81. The van der Waals surface area contributed by atoms with Crippen molar-refractivity contribution in [2.75, 3.05) is 6.61 Å². The Morgan fingerprint density at radius 1 is 1.19 bits per heavy atom. The summed E-state index contributed by atoms with van der Waals surface area (Å²) in [7, 11) is 0. The van der Waals surface area contributed by atoms with Crippen molar-refractivity contribution in [3.8, 4) is 0 Å². The fraction of sp³-hybridized carbons (Fsp3) is 0.786. The topological polar surface area (TPSA) is 26.3 Å². The van der Waals surface area contributed by atoms with E-state index >= 15 is 0 Å². The third-order valence-corrected chi connectivity index (χ3v) is 2.29. The molecule has 0 amide bonds. The third-order valence-electron chi connectivity index (χ3n) is 2.29. The first-order chi connectivity index (χ1) is 7.66. The van der Waals surface area contributed by atoms with Gasteiger partial charge in [0.15, 0.2) is 0 Å². The maximum absolute atomic E-state index is 11.2. The minimum Gasteiger partial charge on any atom is -0.462 e. The number of carbonyl (C=O) groups excluding carboxylic acids is 1. The van der Waals surface area contributed by atoms with Crippen LogP contribution in [0.25, 0.3) is 0 Å². The molecule has 0 aromatic heterocycles. The molecule has 0 aliphatic heterocycles. The van der Waals surface area contributed by atoms with Crippen molar-refractivity contribution < 1.29 is 9.53 Å². The van der Waals surface area contributed by atoms with Gasteiger partial charge in [-0.3, -0.25) is 0 Å². The van der Waals surface area contributed by atoms with Crippen LogP contribution in [0.4, 0.5) is 0 Å². The molecule has 0 spiro atoms. The lowest BCUT2D eigenvalue weighted by Crippen LogP contribution is -2.06. The summed E-state index contributed by atoms with van der Waals surface area (Å²) in [5.41, 5.74) is 0. The fourth-order valence-electron chi connectivity index (χ4n) is 1.34. The molecule has 0 radical (unpaired) electrons. The second-order valence-corrected chi connectivity index (χ2v) is 4.63. The molecule has 0 saturated heterocycles. The Labute approximate surface area is 100 Å². The zero-order valence-corrected chi connectivity index (χ0v) is 11.0. The predicted octanol–water partition coefficient (Wildman–Crippen LogP) is 4.10. The molecule has 0 aromatic carbocycles. The van der Waals surface area contributed by atoms with E-state index in [1.807, 2.05) is 19.9 Å². The summed E-state index contributed by atoms with van der Waals surface area (Å²) in [6.07, 6.45) is 10.8. The summed E-state index contributed by atoms with van der Waals surface area (Å²) in [6, 6.07) is 0. The zero-order chi connectivity index (χ0) is 12.2. The van der Waals surface area contributed by atoms with Gasteiger partial charge in [0.2, 0.25) is 0 Å². The maximum Gasteiger partial charge on any atom is 0.330 e. The largest absolute Gasteiger partial charge is 0.462 e. The molecule has 2 nitrogen and oxygen atoms in total. The van der Waals surface area contributed by atoms with Crippen LogP contribution in [0.15, 0.2) is 12.2 Å². The molecule has 0 rings (SSSR count). The van der Waals surface area contributed by atoms with Crippen LogP contribution in [0.5, 0.6) is 0 Å². The van der Waals surface area contributed by atoms with Crippen LogP contribution in [-0.2, 0) is 9.53 Å². The first kappa shape index (κ1) is 15.2. The monoisotopic (exact) mass is 226 g/mol. The summed E-state index contributed by atoms with van der Waals surface area (Å²) in [5, 5.41) is 0.